The van der Waals surface area contributed by atoms with Crippen molar-refractivity contribution in [1.29, 1.82) is 0 Å². The van der Waals surface area contributed by atoms with Gasteiger partial charge in [0, 0.05) is 26.2 Å². The number of amides is 1. The molecule has 22 heavy (non-hydrogen) atoms. The monoisotopic (exact) mass is 344 g/mol. The smallest absolute Gasteiger partial charge is 0.265 e. The predicted molar refractivity (Wildman–Crippen MR) is 88.8 cm³/mol. The fraction of sp³-hybridized carbons (Fsp3) is 0.667. The Labute approximate surface area is 137 Å². The highest BCUT2D eigenvalue weighted by Crippen LogP contribution is 2.28. The maximum absolute atomic E-state index is 12.7. The molecule has 0 aliphatic carbocycles. The molecule has 0 unspecified atom stereocenters. The average molecular weight is 345 g/mol. The molecule has 1 amide bonds. The van der Waals surface area contributed by atoms with E-state index in [4.69, 9.17) is 0 Å². The number of nitrogens with zero attached hydrogens (tertiary/aromatic N) is 2. The van der Waals surface area contributed by atoms with Crippen molar-refractivity contribution in [1.82, 2.24) is 9.21 Å². The standard InChI is InChI=1S/C15H24N2O3S2/c1-3-8-16(9-4-2)15(18)14-13(7-12-21-14)22(19,20)17-10-5-6-11-17/h7,12H,3-6,8-11H2,1-2H3. The fourth-order valence-corrected chi connectivity index (χ4v) is 5.60. The van der Waals surface area contributed by atoms with Gasteiger partial charge in [-0.15, -0.1) is 11.3 Å². The van der Waals surface area contributed by atoms with E-state index in [9.17, 15) is 13.2 Å². The molecule has 1 aromatic rings. The zero-order chi connectivity index (χ0) is 16.2. The molecule has 1 aliphatic rings. The zero-order valence-corrected chi connectivity index (χ0v) is 14.9. The van der Waals surface area contributed by atoms with E-state index in [-0.39, 0.29) is 10.8 Å². The number of sulfonamides is 1. The van der Waals surface area contributed by atoms with E-state index < -0.39 is 10.0 Å². The Balaban J connectivity index is 2.30. The summed E-state index contributed by atoms with van der Waals surface area (Å²) in [6.45, 7) is 6.47. The first-order chi connectivity index (χ1) is 10.5. The molecule has 1 saturated heterocycles. The van der Waals surface area contributed by atoms with Crippen LogP contribution in [0.2, 0.25) is 0 Å². The fourth-order valence-electron chi connectivity index (χ4n) is 2.72. The van der Waals surface area contributed by atoms with E-state index in [0.29, 0.717) is 31.1 Å². The third-order valence-electron chi connectivity index (χ3n) is 3.78. The van der Waals surface area contributed by atoms with Crippen molar-refractivity contribution in [2.75, 3.05) is 26.2 Å². The molecule has 1 aliphatic heterocycles. The first-order valence-corrected chi connectivity index (χ1v) is 10.2. The first-order valence-electron chi connectivity index (χ1n) is 7.89. The van der Waals surface area contributed by atoms with Crippen LogP contribution in [0.15, 0.2) is 16.3 Å². The molecule has 5 nitrogen and oxygen atoms in total. The Morgan fingerprint density at radius 3 is 2.36 bits per heavy atom. The van der Waals surface area contributed by atoms with Gasteiger partial charge >= 0.3 is 0 Å². The molecule has 2 heterocycles. The lowest BCUT2D eigenvalue weighted by atomic mass is 10.3. The molecule has 0 saturated carbocycles. The van der Waals surface area contributed by atoms with Crippen molar-refractivity contribution in [3.05, 3.63) is 16.3 Å². The topological polar surface area (TPSA) is 57.7 Å². The summed E-state index contributed by atoms with van der Waals surface area (Å²) >= 11 is 1.23. The molecular formula is C15H24N2O3S2. The number of hydrogen-bond donors (Lipinski definition) is 0. The largest absolute Gasteiger partial charge is 0.338 e. The summed E-state index contributed by atoms with van der Waals surface area (Å²) in [4.78, 5) is 15.0. The molecule has 1 aromatic heterocycles. The van der Waals surface area contributed by atoms with Gasteiger partial charge in [0.05, 0.1) is 0 Å². The summed E-state index contributed by atoms with van der Waals surface area (Å²) in [6, 6.07) is 1.57. The van der Waals surface area contributed by atoms with Crippen LogP contribution in [-0.4, -0.2) is 49.7 Å². The minimum Gasteiger partial charge on any atom is -0.338 e. The summed E-state index contributed by atoms with van der Waals surface area (Å²) in [7, 11) is -3.54. The Kier molecular flexibility index (Phi) is 6.00. The van der Waals surface area contributed by atoms with Gasteiger partial charge < -0.3 is 4.90 Å². The molecule has 0 N–H and O–H groups in total. The average Bonchev–Trinajstić information content (AvgIpc) is 3.17. The van der Waals surface area contributed by atoms with Gasteiger partial charge in [-0.05, 0) is 37.1 Å². The quantitative estimate of drug-likeness (QED) is 0.764. The third kappa shape index (κ3) is 3.52. The van der Waals surface area contributed by atoms with E-state index in [1.54, 1.807) is 16.3 Å². The molecule has 0 atom stereocenters. The van der Waals surface area contributed by atoms with Gasteiger partial charge in [-0.3, -0.25) is 4.79 Å². The molecule has 0 bridgehead atoms. The zero-order valence-electron chi connectivity index (χ0n) is 13.2. The normalized spacial score (nSPS) is 16.1. The Morgan fingerprint density at radius 2 is 1.82 bits per heavy atom. The van der Waals surface area contributed by atoms with Crippen LogP contribution in [0.3, 0.4) is 0 Å². The van der Waals surface area contributed by atoms with E-state index in [0.717, 1.165) is 25.7 Å². The molecule has 124 valence electrons. The van der Waals surface area contributed by atoms with Gasteiger partial charge in [-0.1, -0.05) is 13.8 Å². The highest BCUT2D eigenvalue weighted by atomic mass is 32.2. The molecule has 0 radical (unpaired) electrons. The SMILES string of the molecule is CCCN(CCC)C(=O)c1sccc1S(=O)(=O)N1CCCC1. The first kappa shape index (κ1) is 17.4. The Morgan fingerprint density at radius 1 is 1.23 bits per heavy atom. The summed E-state index contributed by atoms with van der Waals surface area (Å²) in [5.74, 6) is -0.156. The molecule has 0 aromatic carbocycles. The summed E-state index contributed by atoms with van der Waals surface area (Å²) in [6.07, 6.45) is 3.52. The minimum absolute atomic E-state index is 0.156. The van der Waals surface area contributed by atoms with Crippen molar-refractivity contribution in [2.24, 2.45) is 0 Å². The maximum Gasteiger partial charge on any atom is 0.265 e. The van der Waals surface area contributed by atoms with Crippen LogP contribution in [-0.2, 0) is 10.0 Å². The third-order valence-corrected chi connectivity index (χ3v) is 6.75. The van der Waals surface area contributed by atoms with Gasteiger partial charge in [0.2, 0.25) is 10.0 Å². The number of carbonyl (C=O) groups is 1. The Bertz CT molecular complexity index is 598. The Hall–Kier alpha value is -0.920. The summed E-state index contributed by atoms with van der Waals surface area (Å²) < 4.78 is 26.9. The van der Waals surface area contributed by atoms with E-state index in [2.05, 4.69) is 0 Å². The predicted octanol–water partition coefficient (Wildman–Crippen LogP) is 2.79. The van der Waals surface area contributed by atoms with Crippen LogP contribution in [0.5, 0.6) is 0 Å². The van der Waals surface area contributed by atoms with Gasteiger partial charge in [-0.25, -0.2) is 8.42 Å². The van der Waals surface area contributed by atoms with Crippen molar-refractivity contribution < 1.29 is 13.2 Å². The van der Waals surface area contributed by atoms with Crippen LogP contribution in [0, 0.1) is 0 Å². The van der Waals surface area contributed by atoms with Crippen LogP contribution in [0.4, 0.5) is 0 Å². The van der Waals surface area contributed by atoms with Crippen molar-refractivity contribution in [2.45, 2.75) is 44.4 Å². The molecular weight excluding hydrogens is 320 g/mol. The van der Waals surface area contributed by atoms with E-state index >= 15 is 0 Å². The number of thiophene rings is 1. The highest BCUT2D eigenvalue weighted by molar-refractivity contribution is 7.89. The van der Waals surface area contributed by atoms with Crippen LogP contribution in [0.1, 0.15) is 49.2 Å². The highest BCUT2D eigenvalue weighted by Gasteiger charge is 2.32. The second-order valence-electron chi connectivity index (χ2n) is 5.52. The summed E-state index contributed by atoms with van der Waals surface area (Å²) in [5, 5.41) is 1.70. The van der Waals surface area contributed by atoms with Gasteiger partial charge in [0.25, 0.3) is 5.91 Å². The summed E-state index contributed by atoms with van der Waals surface area (Å²) in [5.41, 5.74) is 0. The lowest BCUT2D eigenvalue weighted by Gasteiger charge is -2.22. The van der Waals surface area contributed by atoms with Crippen molar-refractivity contribution in [3.8, 4) is 0 Å². The number of hydrogen-bond acceptors (Lipinski definition) is 4. The minimum atomic E-state index is -3.54. The van der Waals surface area contributed by atoms with Crippen LogP contribution < -0.4 is 0 Å². The number of carbonyl (C=O) groups excluding carboxylic acids is 1. The second kappa shape index (κ2) is 7.57. The second-order valence-corrected chi connectivity index (χ2v) is 8.34. The lowest BCUT2D eigenvalue weighted by molar-refractivity contribution is 0.0757. The lowest BCUT2D eigenvalue weighted by Crippen LogP contribution is -2.34. The van der Waals surface area contributed by atoms with Crippen molar-refractivity contribution in [3.63, 3.8) is 0 Å². The molecule has 0 spiro atoms. The molecule has 1 fully saturated rings. The van der Waals surface area contributed by atoms with E-state index in [1.165, 1.54) is 15.6 Å². The maximum atomic E-state index is 12.7. The van der Waals surface area contributed by atoms with Crippen molar-refractivity contribution >= 4 is 27.3 Å². The van der Waals surface area contributed by atoms with Gasteiger partial charge in [0.1, 0.15) is 9.77 Å². The van der Waals surface area contributed by atoms with E-state index in [1.807, 2.05) is 13.8 Å². The molecule has 2 rings (SSSR count). The van der Waals surface area contributed by atoms with Crippen LogP contribution in [0.25, 0.3) is 0 Å². The number of rotatable bonds is 7. The molecule has 7 heteroatoms. The van der Waals surface area contributed by atoms with Crippen LogP contribution >= 0.6 is 11.3 Å². The van der Waals surface area contributed by atoms with Gasteiger partial charge in [-0.2, -0.15) is 4.31 Å². The van der Waals surface area contributed by atoms with Gasteiger partial charge in [0.15, 0.2) is 0 Å².